The maximum absolute atomic E-state index is 13.6. The van der Waals surface area contributed by atoms with Crippen molar-refractivity contribution >= 4 is 16.7 Å². The number of methoxy groups -OCH3 is 2. The molecule has 0 saturated heterocycles. The summed E-state index contributed by atoms with van der Waals surface area (Å²) in [6, 6.07) is 15.5. The van der Waals surface area contributed by atoms with Gasteiger partial charge in [-0.05, 0) is 47.7 Å². The molecule has 0 aromatic heterocycles. The molecule has 174 valence electrons. The lowest BCUT2D eigenvalue weighted by molar-refractivity contribution is -0.00283. The van der Waals surface area contributed by atoms with Crippen LogP contribution in [0.2, 0.25) is 0 Å². The number of benzene rings is 3. The van der Waals surface area contributed by atoms with Crippen LogP contribution in [0, 0.1) is 5.92 Å². The van der Waals surface area contributed by atoms with E-state index in [1.165, 1.54) is 0 Å². The van der Waals surface area contributed by atoms with Gasteiger partial charge in [0, 0.05) is 28.4 Å². The summed E-state index contributed by atoms with van der Waals surface area (Å²) in [4.78, 5) is 15.2. The average molecular weight is 448 g/mol. The Hall–Kier alpha value is -3.05. The highest BCUT2D eigenvalue weighted by atomic mass is 16.5. The smallest absolute Gasteiger partial charge is 0.256 e. The number of amides is 1. The Kier molecular flexibility index (Phi) is 6.89. The SMILES string of the molecule is CCCCC(CC)CN1C(=O)c2ccc(-c3ccc(OC)cc3)c3c(OC)ccc(c23)C1O. The largest absolute Gasteiger partial charge is 0.497 e. The van der Waals surface area contributed by atoms with Crippen LogP contribution in [0.3, 0.4) is 0 Å². The first-order valence-electron chi connectivity index (χ1n) is 11.8. The van der Waals surface area contributed by atoms with Crippen molar-refractivity contribution in [2.45, 2.75) is 45.8 Å². The third-order valence-corrected chi connectivity index (χ3v) is 6.84. The Bertz CT molecular complexity index is 1140. The molecule has 0 bridgehead atoms. The highest BCUT2D eigenvalue weighted by Gasteiger charge is 2.35. The van der Waals surface area contributed by atoms with E-state index in [1.54, 1.807) is 19.1 Å². The summed E-state index contributed by atoms with van der Waals surface area (Å²) in [6.45, 7) is 4.89. The van der Waals surface area contributed by atoms with E-state index in [4.69, 9.17) is 9.47 Å². The van der Waals surface area contributed by atoms with Gasteiger partial charge in [-0.1, -0.05) is 57.4 Å². The molecule has 1 N–H and O–H groups in total. The predicted octanol–water partition coefficient (Wildman–Crippen LogP) is 6.19. The average Bonchev–Trinajstić information content (AvgIpc) is 2.86. The molecule has 4 rings (SSSR count). The van der Waals surface area contributed by atoms with Crippen molar-refractivity contribution in [3.63, 3.8) is 0 Å². The Balaban J connectivity index is 1.83. The number of aliphatic hydroxyl groups excluding tert-OH is 1. The van der Waals surface area contributed by atoms with E-state index < -0.39 is 6.23 Å². The first-order valence-corrected chi connectivity index (χ1v) is 11.8. The van der Waals surface area contributed by atoms with Crippen molar-refractivity contribution in [2.24, 2.45) is 5.92 Å². The maximum Gasteiger partial charge on any atom is 0.256 e. The molecule has 5 heteroatoms. The van der Waals surface area contributed by atoms with Crippen molar-refractivity contribution in [3.8, 4) is 22.6 Å². The van der Waals surface area contributed by atoms with E-state index in [-0.39, 0.29) is 5.91 Å². The molecular formula is C28H33NO4. The second-order valence-corrected chi connectivity index (χ2v) is 8.74. The van der Waals surface area contributed by atoms with Gasteiger partial charge in [0.2, 0.25) is 0 Å². The summed E-state index contributed by atoms with van der Waals surface area (Å²) < 4.78 is 11.0. The quantitative estimate of drug-likeness (QED) is 0.425. The zero-order valence-electron chi connectivity index (χ0n) is 19.9. The number of nitrogens with zero attached hydrogens (tertiary/aromatic N) is 1. The van der Waals surface area contributed by atoms with Crippen molar-refractivity contribution < 1.29 is 19.4 Å². The van der Waals surface area contributed by atoms with Crippen LogP contribution in [-0.4, -0.2) is 36.7 Å². The molecule has 0 saturated carbocycles. The third kappa shape index (κ3) is 4.18. The number of hydrogen-bond donors (Lipinski definition) is 1. The molecule has 5 nitrogen and oxygen atoms in total. The minimum atomic E-state index is -0.972. The standard InChI is InChI=1S/C28H33NO4/c1-5-7-8-18(6-2)17-29-27(30)22-14-13-21(19-9-11-20(32-3)12-10-19)26-24(33-4)16-15-23(25(22)26)28(29)31/h9-16,18,28,31H,5-8,17H2,1-4H3. The van der Waals surface area contributed by atoms with E-state index in [0.29, 0.717) is 23.8 Å². The second-order valence-electron chi connectivity index (χ2n) is 8.74. The molecule has 0 spiro atoms. The number of ether oxygens (including phenoxy) is 2. The van der Waals surface area contributed by atoms with Gasteiger partial charge in [-0.15, -0.1) is 0 Å². The molecule has 33 heavy (non-hydrogen) atoms. The molecule has 1 aliphatic rings. The van der Waals surface area contributed by atoms with Gasteiger partial charge in [-0.2, -0.15) is 0 Å². The molecule has 3 aromatic carbocycles. The number of rotatable bonds is 9. The number of hydrogen-bond acceptors (Lipinski definition) is 4. The minimum absolute atomic E-state index is 0.121. The normalized spacial score (nSPS) is 16.2. The highest BCUT2D eigenvalue weighted by molar-refractivity contribution is 6.15. The van der Waals surface area contributed by atoms with E-state index in [0.717, 1.165) is 58.9 Å². The van der Waals surface area contributed by atoms with Crippen LogP contribution < -0.4 is 9.47 Å². The van der Waals surface area contributed by atoms with Gasteiger partial charge >= 0.3 is 0 Å². The summed E-state index contributed by atoms with van der Waals surface area (Å²) in [5, 5.41) is 12.9. The molecule has 3 aromatic rings. The topological polar surface area (TPSA) is 59.0 Å². The Labute approximate surface area is 195 Å². The van der Waals surface area contributed by atoms with Crippen molar-refractivity contribution in [1.82, 2.24) is 4.90 Å². The molecule has 0 aliphatic carbocycles. The maximum atomic E-state index is 13.6. The summed E-state index contributed by atoms with van der Waals surface area (Å²) in [7, 11) is 3.28. The van der Waals surface area contributed by atoms with E-state index in [1.807, 2.05) is 48.5 Å². The first kappa shape index (κ1) is 23.1. The Morgan fingerprint density at radius 2 is 1.67 bits per heavy atom. The molecule has 1 amide bonds. The van der Waals surface area contributed by atoms with Crippen LogP contribution in [0.25, 0.3) is 21.9 Å². The lowest BCUT2D eigenvalue weighted by Crippen LogP contribution is -2.41. The van der Waals surface area contributed by atoms with Gasteiger partial charge in [-0.3, -0.25) is 4.79 Å². The molecule has 1 heterocycles. The summed E-state index contributed by atoms with van der Waals surface area (Å²) in [5.41, 5.74) is 3.32. The van der Waals surface area contributed by atoms with Crippen LogP contribution in [0.1, 0.15) is 61.7 Å². The molecular weight excluding hydrogens is 414 g/mol. The van der Waals surface area contributed by atoms with Crippen LogP contribution in [0.4, 0.5) is 0 Å². The number of aliphatic hydroxyl groups is 1. The van der Waals surface area contributed by atoms with E-state index in [2.05, 4.69) is 13.8 Å². The van der Waals surface area contributed by atoms with Gasteiger partial charge < -0.3 is 19.5 Å². The van der Waals surface area contributed by atoms with Crippen molar-refractivity contribution in [3.05, 3.63) is 59.7 Å². The molecule has 2 unspecified atom stereocenters. The van der Waals surface area contributed by atoms with Crippen LogP contribution in [0.5, 0.6) is 11.5 Å². The van der Waals surface area contributed by atoms with Gasteiger partial charge in [0.1, 0.15) is 11.5 Å². The first-order chi connectivity index (χ1) is 16.0. The van der Waals surface area contributed by atoms with Crippen LogP contribution >= 0.6 is 0 Å². The summed E-state index contributed by atoms with van der Waals surface area (Å²) >= 11 is 0. The zero-order chi connectivity index (χ0) is 23.5. The number of carbonyl (C=O) groups is 1. The van der Waals surface area contributed by atoms with Gasteiger partial charge in [0.25, 0.3) is 5.91 Å². The fourth-order valence-corrected chi connectivity index (χ4v) is 4.88. The van der Waals surface area contributed by atoms with Crippen molar-refractivity contribution in [1.29, 1.82) is 0 Å². The molecule has 0 fully saturated rings. The Morgan fingerprint density at radius 3 is 2.30 bits per heavy atom. The second kappa shape index (κ2) is 9.84. The summed E-state index contributed by atoms with van der Waals surface area (Å²) in [6.07, 6.45) is 3.33. The fraction of sp³-hybridized carbons (Fsp3) is 0.393. The lowest BCUT2D eigenvalue weighted by Gasteiger charge is -2.36. The van der Waals surface area contributed by atoms with Crippen LogP contribution in [0.15, 0.2) is 48.5 Å². The zero-order valence-corrected chi connectivity index (χ0v) is 19.9. The lowest BCUT2D eigenvalue weighted by atomic mass is 9.87. The van der Waals surface area contributed by atoms with Crippen LogP contribution in [-0.2, 0) is 0 Å². The predicted molar refractivity (Wildman–Crippen MR) is 132 cm³/mol. The van der Waals surface area contributed by atoms with E-state index >= 15 is 0 Å². The number of unbranched alkanes of at least 4 members (excludes halogenated alkanes) is 1. The monoisotopic (exact) mass is 447 g/mol. The molecule has 1 aliphatic heterocycles. The molecule has 0 radical (unpaired) electrons. The molecule has 2 atom stereocenters. The van der Waals surface area contributed by atoms with Crippen molar-refractivity contribution in [2.75, 3.05) is 20.8 Å². The van der Waals surface area contributed by atoms with E-state index in [9.17, 15) is 9.90 Å². The minimum Gasteiger partial charge on any atom is -0.497 e. The van der Waals surface area contributed by atoms with Gasteiger partial charge in [0.05, 0.1) is 14.2 Å². The Morgan fingerprint density at radius 1 is 0.939 bits per heavy atom. The number of carbonyl (C=O) groups excluding carboxylic acids is 1. The summed E-state index contributed by atoms with van der Waals surface area (Å²) in [5.74, 6) is 1.72. The fourth-order valence-electron chi connectivity index (χ4n) is 4.88. The highest BCUT2D eigenvalue weighted by Crippen LogP contribution is 2.44. The van der Waals surface area contributed by atoms with Gasteiger partial charge in [-0.25, -0.2) is 0 Å². The van der Waals surface area contributed by atoms with Gasteiger partial charge in [0.15, 0.2) is 6.23 Å². The third-order valence-electron chi connectivity index (χ3n) is 6.84.